The number of urea groups is 1. The number of benzene rings is 2. The molecule has 0 saturated carbocycles. The number of thiazole rings is 1. The summed E-state index contributed by atoms with van der Waals surface area (Å²) >= 11 is 13.3. The summed E-state index contributed by atoms with van der Waals surface area (Å²) in [7, 11) is 0. The van der Waals surface area contributed by atoms with Crippen LogP contribution in [0.5, 0.6) is 5.75 Å². The van der Waals surface area contributed by atoms with E-state index in [1.54, 1.807) is 20.8 Å². The third-order valence-corrected chi connectivity index (χ3v) is 7.04. The van der Waals surface area contributed by atoms with Crippen LogP contribution in [-0.2, 0) is 4.74 Å². The van der Waals surface area contributed by atoms with Gasteiger partial charge >= 0.3 is 12.1 Å². The fourth-order valence-electron chi connectivity index (χ4n) is 3.76. The first-order valence-electron chi connectivity index (χ1n) is 11.3. The molecule has 0 aliphatic rings. The lowest BCUT2D eigenvalue weighted by atomic mass is 9.97. The molecular weight excluding hydrogens is 549 g/mol. The zero-order valence-electron chi connectivity index (χ0n) is 20.5. The molecule has 2 aromatic carbocycles. The van der Waals surface area contributed by atoms with E-state index in [0.29, 0.717) is 23.1 Å². The van der Waals surface area contributed by atoms with Crippen LogP contribution < -0.4 is 21.1 Å². The molecule has 3 amide bonds. The number of ether oxygens (including phenoxy) is 2. The Balaban J connectivity index is 1.72. The van der Waals surface area contributed by atoms with Crippen LogP contribution in [0.4, 0.5) is 23.5 Å². The second kappa shape index (κ2) is 11.7. The maximum absolute atomic E-state index is 14.8. The minimum atomic E-state index is -0.897. The van der Waals surface area contributed by atoms with Crippen LogP contribution in [0.25, 0.3) is 10.2 Å². The van der Waals surface area contributed by atoms with Crippen molar-refractivity contribution in [2.75, 3.05) is 5.32 Å². The number of hydrogen-bond acceptors (Lipinski definition) is 6. The van der Waals surface area contributed by atoms with E-state index < -0.39 is 35.5 Å². The molecule has 8 nitrogen and oxygen atoms in total. The van der Waals surface area contributed by atoms with Gasteiger partial charge in [0.1, 0.15) is 17.5 Å². The fraction of sp³-hybridized carbons (Fsp3) is 0.375. The van der Waals surface area contributed by atoms with Gasteiger partial charge in [0.05, 0.1) is 15.2 Å². The second-order valence-corrected chi connectivity index (χ2v) is 10.7. The number of fused-ring (bicyclic) bond motifs is 1. The summed E-state index contributed by atoms with van der Waals surface area (Å²) in [4.78, 5) is 27.9. The molecule has 200 valence electrons. The van der Waals surface area contributed by atoms with E-state index in [1.165, 1.54) is 18.2 Å². The first-order chi connectivity index (χ1) is 17.3. The van der Waals surface area contributed by atoms with Crippen molar-refractivity contribution in [1.29, 1.82) is 0 Å². The van der Waals surface area contributed by atoms with Crippen LogP contribution >= 0.6 is 34.5 Å². The predicted octanol–water partition coefficient (Wildman–Crippen LogP) is 7.19. The molecule has 37 heavy (non-hydrogen) atoms. The summed E-state index contributed by atoms with van der Waals surface area (Å²) < 4.78 is 40.0. The van der Waals surface area contributed by atoms with Crippen molar-refractivity contribution < 1.29 is 27.8 Å². The molecule has 4 N–H and O–H groups in total. The number of rotatable bonds is 9. The summed E-state index contributed by atoms with van der Waals surface area (Å²) in [5, 5.41) is 5.65. The molecule has 3 aromatic rings. The lowest BCUT2D eigenvalue weighted by molar-refractivity contribution is 0.0320. The average Bonchev–Trinajstić information content (AvgIpc) is 3.15. The van der Waals surface area contributed by atoms with E-state index in [1.807, 2.05) is 6.92 Å². The zero-order chi connectivity index (χ0) is 27.5. The Hall–Kier alpha value is -2.89. The van der Waals surface area contributed by atoms with Crippen molar-refractivity contribution in [1.82, 2.24) is 10.3 Å². The molecule has 2 atom stereocenters. The van der Waals surface area contributed by atoms with Gasteiger partial charge in [0.15, 0.2) is 16.7 Å². The average molecular weight is 575 g/mol. The van der Waals surface area contributed by atoms with E-state index in [2.05, 4.69) is 15.6 Å². The maximum Gasteiger partial charge on any atom is 0.405 e. The Morgan fingerprint density at radius 2 is 1.92 bits per heavy atom. The van der Waals surface area contributed by atoms with E-state index in [4.69, 9.17) is 38.4 Å². The van der Waals surface area contributed by atoms with Gasteiger partial charge in [-0.05, 0) is 39.3 Å². The third-order valence-electron chi connectivity index (χ3n) is 5.40. The second-order valence-electron chi connectivity index (χ2n) is 8.87. The van der Waals surface area contributed by atoms with E-state index in [9.17, 15) is 18.4 Å². The molecule has 0 fully saturated rings. The molecule has 0 aliphatic carbocycles. The van der Waals surface area contributed by atoms with Crippen molar-refractivity contribution in [3.05, 3.63) is 51.5 Å². The Bertz CT molecular complexity index is 1320. The minimum absolute atomic E-state index is 0.112. The zero-order valence-corrected chi connectivity index (χ0v) is 22.8. The van der Waals surface area contributed by atoms with Crippen molar-refractivity contribution in [3.8, 4) is 5.75 Å². The Morgan fingerprint density at radius 1 is 1.22 bits per heavy atom. The number of carbonyl (C=O) groups is 2. The van der Waals surface area contributed by atoms with Crippen molar-refractivity contribution in [3.63, 3.8) is 0 Å². The quantitative estimate of drug-likeness (QED) is 0.234. The fourth-order valence-corrected chi connectivity index (χ4v) is 5.31. The molecule has 0 spiro atoms. The standard InChI is InChI=1S/C24H26Cl2F2N4O4S/c1-5-12(10-24(3,4)36-21(29)33)30-22(34)32-23-31-16-8-15(28)17(9-18(16)37-23)35-11(2)19-13(25)6-7-14(27)20(19)26/h6-9,11-12H,5,10H2,1-4H3,(H2,29,33)(H2,30,31,32,34). The van der Waals surface area contributed by atoms with Crippen LogP contribution in [0.15, 0.2) is 24.3 Å². The number of halogens is 4. The van der Waals surface area contributed by atoms with E-state index in [0.717, 1.165) is 17.4 Å². The summed E-state index contributed by atoms with van der Waals surface area (Å²) in [6, 6.07) is 4.24. The molecule has 0 radical (unpaired) electrons. The number of anilines is 1. The smallest absolute Gasteiger partial charge is 0.405 e. The van der Waals surface area contributed by atoms with Crippen molar-refractivity contribution >= 4 is 62.0 Å². The first kappa shape index (κ1) is 28.7. The Morgan fingerprint density at radius 3 is 2.57 bits per heavy atom. The number of nitrogens with zero attached hydrogens (tertiary/aromatic N) is 1. The van der Waals surface area contributed by atoms with Crippen LogP contribution in [0.1, 0.15) is 52.2 Å². The van der Waals surface area contributed by atoms with Gasteiger partial charge in [-0.1, -0.05) is 41.5 Å². The minimum Gasteiger partial charge on any atom is -0.483 e. The molecule has 1 aromatic heterocycles. The lowest BCUT2D eigenvalue weighted by Crippen LogP contribution is -2.43. The van der Waals surface area contributed by atoms with Crippen molar-refractivity contribution in [2.24, 2.45) is 5.73 Å². The van der Waals surface area contributed by atoms with Gasteiger partial charge in [-0.25, -0.2) is 23.4 Å². The topological polar surface area (TPSA) is 116 Å². The Kier molecular flexibility index (Phi) is 9.04. The lowest BCUT2D eigenvalue weighted by Gasteiger charge is -2.28. The number of carbonyl (C=O) groups excluding carboxylic acids is 2. The highest BCUT2D eigenvalue weighted by Gasteiger charge is 2.27. The Labute approximate surface area is 226 Å². The molecule has 13 heteroatoms. The number of primary amides is 1. The monoisotopic (exact) mass is 574 g/mol. The maximum atomic E-state index is 14.8. The SMILES string of the molecule is CCC(CC(C)(C)OC(N)=O)NC(=O)Nc1nc2cc(F)c(OC(C)c3c(Cl)ccc(F)c3Cl)cc2s1. The number of aromatic nitrogens is 1. The highest BCUT2D eigenvalue weighted by atomic mass is 35.5. The molecular formula is C24H26Cl2F2N4O4S. The van der Waals surface area contributed by atoms with Gasteiger partial charge in [0.2, 0.25) is 0 Å². The van der Waals surface area contributed by atoms with Gasteiger partial charge in [0.25, 0.3) is 0 Å². The van der Waals surface area contributed by atoms with Crippen molar-refractivity contribution in [2.45, 2.75) is 58.3 Å². The first-order valence-corrected chi connectivity index (χ1v) is 12.8. The molecule has 0 saturated heterocycles. The summed E-state index contributed by atoms with van der Waals surface area (Å²) in [6.45, 7) is 6.83. The molecule has 0 aliphatic heterocycles. The van der Waals surface area contributed by atoms with Crippen LogP contribution in [-0.4, -0.2) is 28.8 Å². The summed E-state index contributed by atoms with van der Waals surface area (Å²) in [5.41, 5.74) is 4.73. The largest absolute Gasteiger partial charge is 0.483 e. The predicted molar refractivity (Wildman–Crippen MR) is 141 cm³/mol. The third kappa shape index (κ3) is 7.33. The van der Waals surface area contributed by atoms with Gasteiger partial charge in [0, 0.05) is 35.2 Å². The molecule has 2 unspecified atom stereocenters. The number of amides is 3. The molecule has 0 bridgehead atoms. The van der Waals surface area contributed by atoms with Gasteiger partial charge < -0.3 is 20.5 Å². The number of hydrogen-bond donors (Lipinski definition) is 3. The van der Waals surface area contributed by atoms with Crippen LogP contribution in [0, 0.1) is 11.6 Å². The van der Waals surface area contributed by atoms with Crippen LogP contribution in [0.3, 0.4) is 0 Å². The highest BCUT2D eigenvalue weighted by Crippen LogP contribution is 2.37. The van der Waals surface area contributed by atoms with Gasteiger partial charge in [-0.15, -0.1) is 0 Å². The summed E-state index contributed by atoms with van der Waals surface area (Å²) in [6.07, 6.45) is -0.843. The van der Waals surface area contributed by atoms with Gasteiger partial charge in [-0.2, -0.15) is 0 Å². The van der Waals surface area contributed by atoms with Gasteiger partial charge in [-0.3, -0.25) is 5.32 Å². The molecule has 1 heterocycles. The highest BCUT2D eigenvalue weighted by molar-refractivity contribution is 7.22. The van der Waals surface area contributed by atoms with E-state index in [-0.39, 0.29) is 32.5 Å². The number of nitrogens with one attached hydrogen (secondary N) is 2. The summed E-state index contributed by atoms with van der Waals surface area (Å²) in [5.74, 6) is -1.48. The molecule has 3 rings (SSSR count). The van der Waals surface area contributed by atoms with E-state index >= 15 is 0 Å². The normalized spacial score (nSPS) is 13.2. The van der Waals surface area contributed by atoms with Crippen LogP contribution in [0.2, 0.25) is 10.0 Å². The number of nitrogens with two attached hydrogens (primary N) is 1.